The molecule has 0 aromatic rings. The molecule has 7 aliphatic rings. The Kier molecular flexibility index (Phi) is 27.6. The van der Waals surface area contributed by atoms with Crippen molar-refractivity contribution in [3.63, 3.8) is 0 Å². The van der Waals surface area contributed by atoms with E-state index < -0.39 is 296 Å². The predicted octanol–water partition coefficient (Wildman–Crippen LogP) is -15.5. The van der Waals surface area contributed by atoms with Crippen LogP contribution in [0.25, 0.3) is 0 Å². The van der Waals surface area contributed by atoms with Crippen LogP contribution in [0.4, 0.5) is 0 Å². The number of ether oxygens (including phenoxy) is 13. The molecule has 0 aromatic heterocycles. The van der Waals surface area contributed by atoms with E-state index in [1.807, 2.05) is 0 Å². The molecule has 7 heterocycles. The minimum atomic E-state index is -3.27. The molecule has 548 valence electrons. The van der Waals surface area contributed by atoms with Crippen LogP contribution in [0.1, 0.15) is 41.0 Å². The second-order valence-electron chi connectivity index (χ2n) is 24.0. The van der Waals surface area contributed by atoms with E-state index >= 15 is 0 Å². The molecule has 36 atom stereocenters. The maximum atomic E-state index is 13.3. The Morgan fingerprint density at radius 2 is 0.905 bits per heavy atom. The number of amides is 4. The Morgan fingerprint density at radius 3 is 1.46 bits per heavy atom. The molecule has 7 aliphatic heterocycles. The second-order valence-corrected chi connectivity index (χ2v) is 24.0. The van der Waals surface area contributed by atoms with Gasteiger partial charge in [-0.2, -0.15) is 0 Å². The predicted molar refractivity (Wildman–Crippen MR) is 294 cm³/mol. The number of carbonyl (C=O) groups is 5. The SMILES string of the molecule is CC(=O)N[C@@H]1[C@@H](O[C@@H]2O[C@H](CO)[C@@H](O[C@@H]3O[C@H](CO)[C@H](O)[C@H](O)[C@H]3O)[C@H](O)[C@H]2NC(C)=O)[C@@H](O)[C@@H](CO[C@@H]2O[C@H](CO)[C@@H](O[C@@H]3O[C@H](CO)[C@H](O)[C@H](O[C@]4(C(=O)O)C[C@H](O)[C@@H](NC(C)=O)[C@H]([C@H](O)[C@H](O)CO)O4)[C@H]3O)[C@H](O[C@@H]3O[C@@H](C)[C@@H](O)[C@@H](O)[C@@H]3O)[C@H]2NC(C)=O)O[C@@H]1O. The van der Waals surface area contributed by atoms with E-state index in [1.165, 1.54) is 6.92 Å². The molecule has 95 heavy (non-hydrogen) atoms. The van der Waals surface area contributed by atoms with Crippen molar-refractivity contribution in [3.05, 3.63) is 0 Å². The lowest BCUT2D eigenvalue weighted by Crippen LogP contribution is -2.72. The first-order valence-electron chi connectivity index (χ1n) is 30.1. The molecule has 0 aliphatic carbocycles. The smallest absolute Gasteiger partial charge is 0.364 e. The van der Waals surface area contributed by atoms with Crippen LogP contribution in [0, 0.1) is 0 Å². The summed E-state index contributed by atoms with van der Waals surface area (Å²) in [6.07, 6.45) is -63.8. The van der Waals surface area contributed by atoms with Crippen LogP contribution in [0.2, 0.25) is 0 Å². The summed E-state index contributed by atoms with van der Waals surface area (Å²) in [4.78, 5) is 64.1. The van der Waals surface area contributed by atoms with Crippen LogP contribution < -0.4 is 21.3 Å². The Bertz CT molecular complexity index is 2520. The van der Waals surface area contributed by atoms with Crippen LogP contribution in [-0.2, 0) is 85.6 Å². The zero-order valence-corrected chi connectivity index (χ0v) is 51.4. The number of carbonyl (C=O) groups excluding carboxylic acids is 4. The summed E-state index contributed by atoms with van der Waals surface area (Å²) in [6, 6.07) is -7.21. The molecule has 24 N–H and O–H groups in total. The van der Waals surface area contributed by atoms with Crippen LogP contribution >= 0.6 is 0 Å². The Hall–Kier alpha value is -3.93. The van der Waals surface area contributed by atoms with Crippen molar-refractivity contribution in [1.29, 1.82) is 0 Å². The fourth-order valence-corrected chi connectivity index (χ4v) is 12.2. The van der Waals surface area contributed by atoms with Crippen molar-refractivity contribution in [2.24, 2.45) is 0 Å². The van der Waals surface area contributed by atoms with E-state index in [0.717, 1.165) is 27.7 Å². The Balaban J connectivity index is 1.19. The van der Waals surface area contributed by atoms with Gasteiger partial charge in [-0.15, -0.1) is 0 Å². The van der Waals surface area contributed by atoms with E-state index in [1.54, 1.807) is 0 Å². The highest BCUT2D eigenvalue weighted by Crippen LogP contribution is 2.41. The van der Waals surface area contributed by atoms with Gasteiger partial charge in [-0.1, -0.05) is 0 Å². The summed E-state index contributed by atoms with van der Waals surface area (Å²) in [7, 11) is 0. The van der Waals surface area contributed by atoms with Crippen LogP contribution in [0.5, 0.6) is 0 Å². The van der Waals surface area contributed by atoms with Gasteiger partial charge in [0.15, 0.2) is 37.7 Å². The highest BCUT2D eigenvalue weighted by Gasteiger charge is 2.62. The minimum absolute atomic E-state index is 0.855. The Labute approximate surface area is 538 Å². The van der Waals surface area contributed by atoms with Crippen LogP contribution in [0.3, 0.4) is 0 Å². The van der Waals surface area contributed by atoms with Gasteiger partial charge in [0.2, 0.25) is 23.6 Å². The van der Waals surface area contributed by atoms with Gasteiger partial charge in [0.25, 0.3) is 5.79 Å². The van der Waals surface area contributed by atoms with Gasteiger partial charge in [0, 0.05) is 34.1 Å². The van der Waals surface area contributed by atoms with Gasteiger partial charge >= 0.3 is 5.97 Å². The maximum Gasteiger partial charge on any atom is 0.364 e. The summed E-state index contributed by atoms with van der Waals surface area (Å²) in [5.41, 5.74) is 0. The van der Waals surface area contributed by atoms with Gasteiger partial charge in [0.05, 0.1) is 57.9 Å². The van der Waals surface area contributed by atoms with Crippen molar-refractivity contribution in [3.8, 4) is 0 Å². The third kappa shape index (κ3) is 17.5. The van der Waals surface area contributed by atoms with Crippen molar-refractivity contribution in [2.45, 2.75) is 261 Å². The van der Waals surface area contributed by atoms with Gasteiger partial charge in [-0.05, 0) is 6.92 Å². The normalized spacial score (nSPS) is 46.4. The third-order valence-electron chi connectivity index (χ3n) is 17.1. The largest absolute Gasteiger partial charge is 0.477 e. The average Bonchev–Trinajstić information content (AvgIpc) is 0.764. The number of carboxylic acid groups (broad SMARTS) is 1. The Morgan fingerprint density at radius 1 is 0.453 bits per heavy atom. The first-order chi connectivity index (χ1) is 44.7. The first-order valence-corrected chi connectivity index (χ1v) is 30.1. The molecule has 7 rings (SSSR count). The van der Waals surface area contributed by atoms with E-state index in [0.29, 0.717) is 0 Å². The highest BCUT2D eigenvalue weighted by molar-refractivity contribution is 5.77. The minimum Gasteiger partial charge on any atom is -0.477 e. The molecule has 0 aromatic carbocycles. The summed E-state index contributed by atoms with van der Waals surface area (Å²) in [6.45, 7) is -1.37. The van der Waals surface area contributed by atoms with Crippen LogP contribution in [0.15, 0.2) is 0 Å². The summed E-state index contributed by atoms with van der Waals surface area (Å²) in [5.74, 6) is -8.94. The first kappa shape index (κ1) is 78.4. The van der Waals surface area contributed by atoms with Crippen molar-refractivity contribution in [1.82, 2.24) is 21.3 Å². The number of carboxylic acids is 1. The van der Waals surface area contributed by atoms with E-state index in [-0.39, 0.29) is 0 Å². The molecule has 0 saturated carbocycles. The lowest BCUT2D eigenvalue weighted by Gasteiger charge is -2.52. The third-order valence-corrected chi connectivity index (χ3v) is 17.1. The quantitative estimate of drug-likeness (QED) is 0.0404. The monoisotopic (exact) mass is 1390 g/mol. The fraction of sp³-hybridized carbons (Fsp3) is 0.906. The molecule has 0 unspecified atom stereocenters. The molecule has 7 fully saturated rings. The maximum absolute atomic E-state index is 13.3. The van der Waals surface area contributed by atoms with Gasteiger partial charge in [-0.3, -0.25) is 19.2 Å². The lowest BCUT2D eigenvalue weighted by molar-refractivity contribution is -0.392. The molecule has 7 saturated heterocycles. The van der Waals surface area contributed by atoms with E-state index in [9.17, 15) is 126 Å². The molecule has 42 heteroatoms. The topological polar surface area (TPSA) is 658 Å². The zero-order valence-electron chi connectivity index (χ0n) is 51.4. The van der Waals surface area contributed by atoms with Crippen molar-refractivity contribution in [2.75, 3.05) is 39.6 Å². The zero-order chi connectivity index (χ0) is 70.6. The number of rotatable bonds is 25. The number of nitrogens with one attached hydrogen (secondary N) is 4. The number of aliphatic carboxylic acids is 1. The van der Waals surface area contributed by atoms with Crippen LogP contribution in [-0.4, -0.2) is 392 Å². The molecule has 4 amide bonds. The summed E-state index contributed by atoms with van der Waals surface area (Å²) < 4.78 is 76.6. The van der Waals surface area contributed by atoms with Crippen molar-refractivity contribution >= 4 is 29.6 Å². The average molecular weight is 1390 g/mol. The molecular formula is C53H88N4O38. The van der Waals surface area contributed by atoms with E-state index in [4.69, 9.17) is 61.6 Å². The van der Waals surface area contributed by atoms with Gasteiger partial charge in [0.1, 0.15) is 159 Å². The fourth-order valence-electron chi connectivity index (χ4n) is 12.2. The molecule has 0 bridgehead atoms. The van der Waals surface area contributed by atoms with Gasteiger partial charge < -0.3 is 185 Å². The molecule has 0 spiro atoms. The lowest BCUT2D eigenvalue weighted by atomic mass is 9.88. The number of aliphatic hydroxyl groups is 19. The van der Waals surface area contributed by atoms with Crippen molar-refractivity contribution < 1.29 is 188 Å². The molecule has 42 nitrogen and oxygen atoms in total. The standard InChI is InChI=1S/C53H88N4O38/c1-13-29(69)35(75)37(77)49(84-13)93-44-28(57-17(5)66)47(88-23(11-62)41(44)91-51-39(79)45(32(72)21(9-60)87-51)95-53(52(81)82)6-18(67)25(54-14(2)63)43(94-53)30(70)19(68)7-58)83-12-24-33(73)42(27(46(80)85-24)56-16(4)65)92-48-26(55-15(3)64)34(74)40(22(10-61)89-48)90-50-38(78)36(76)31(71)20(8-59)86-50/h13,18-51,58-62,67-80H,6-12H2,1-5H3,(H,54,63)(H,55,64)(H,56,65)(H,57,66)(H,81,82)/t13-,18-,19+,20+,21+,22+,23+,24+,25+,26+,27+,28+,29+,30+,31-,32-,33-,34+,35+,36-,37-,38+,39+,40+,41+,42+,43+,44+,45-,46-,47+,48-,49-,50-,51-,53-/m0/s1. The molecule has 0 radical (unpaired) electrons. The second kappa shape index (κ2) is 33.5. The summed E-state index contributed by atoms with van der Waals surface area (Å²) >= 11 is 0. The highest BCUT2D eigenvalue weighted by atomic mass is 16.8. The number of hydrogen-bond acceptors (Lipinski definition) is 37. The molecular weight excluding hydrogens is 1300 g/mol. The number of aliphatic hydroxyl groups excluding tert-OH is 19. The number of hydrogen-bond donors (Lipinski definition) is 24. The van der Waals surface area contributed by atoms with E-state index in [2.05, 4.69) is 21.3 Å². The summed E-state index contributed by atoms with van der Waals surface area (Å²) in [5, 5.41) is 228. The van der Waals surface area contributed by atoms with Gasteiger partial charge in [-0.25, -0.2) is 4.79 Å².